The number of carbonyl (C=O) groups is 1. The van der Waals surface area contributed by atoms with Gasteiger partial charge in [-0.05, 0) is 32.6 Å². The Hall–Kier alpha value is -0.830. The first-order valence-corrected chi connectivity index (χ1v) is 7.63. The molecule has 0 spiro atoms. The summed E-state index contributed by atoms with van der Waals surface area (Å²) in [4.78, 5) is 11.6. The predicted molar refractivity (Wildman–Crippen MR) is 77.0 cm³/mol. The van der Waals surface area contributed by atoms with Crippen LogP contribution in [0.4, 0.5) is 0 Å². The van der Waals surface area contributed by atoms with Gasteiger partial charge in [0.2, 0.25) is 0 Å². The molecule has 110 valence electrons. The lowest BCUT2D eigenvalue weighted by Crippen LogP contribution is -2.36. The van der Waals surface area contributed by atoms with Crippen LogP contribution in [0, 0.1) is 0 Å². The van der Waals surface area contributed by atoms with Gasteiger partial charge >= 0.3 is 5.97 Å². The second-order valence-electron chi connectivity index (χ2n) is 5.48. The third-order valence-corrected chi connectivity index (χ3v) is 3.58. The number of carbonyl (C=O) groups excluding carboxylic acids is 1. The van der Waals surface area contributed by atoms with Gasteiger partial charge in [-0.3, -0.25) is 0 Å². The maximum Gasteiger partial charge on any atom is 0.333 e. The fourth-order valence-corrected chi connectivity index (χ4v) is 2.39. The van der Waals surface area contributed by atoms with E-state index in [1.807, 2.05) is 0 Å². The molecular formula is C16H28O3. The highest BCUT2D eigenvalue weighted by Gasteiger charge is 2.29. The summed E-state index contributed by atoms with van der Waals surface area (Å²) in [6.45, 7) is 8.30. The molecule has 1 rings (SSSR count). The van der Waals surface area contributed by atoms with Crippen LogP contribution < -0.4 is 0 Å². The molecule has 1 aliphatic rings. The first kappa shape index (κ1) is 16.2. The molecule has 19 heavy (non-hydrogen) atoms. The predicted octanol–water partition coefficient (Wildman–Crippen LogP) is 4.01. The van der Waals surface area contributed by atoms with Crippen LogP contribution in [0.1, 0.15) is 65.2 Å². The van der Waals surface area contributed by atoms with Crippen molar-refractivity contribution in [1.82, 2.24) is 0 Å². The Morgan fingerprint density at radius 2 is 1.84 bits per heavy atom. The van der Waals surface area contributed by atoms with Crippen molar-refractivity contribution in [3.05, 3.63) is 12.2 Å². The van der Waals surface area contributed by atoms with Crippen molar-refractivity contribution >= 4 is 5.97 Å². The van der Waals surface area contributed by atoms with E-state index >= 15 is 0 Å². The molecule has 1 fully saturated rings. The Morgan fingerprint density at radius 3 is 2.47 bits per heavy atom. The molecule has 0 amide bonds. The zero-order chi connectivity index (χ0) is 14.1. The number of hydrogen-bond acceptors (Lipinski definition) is 3. The molecule has 0 radical (unpaired) electrons. The van der Waals surface area contributed by atoms with Crippen molar-refractivity contribution in [3.8, 4) is 0 Å². The minimum atomic E-state index is -0.286. The summed E-state index contributed by atoms with van der Waals surface area (Å²) < 4.78 is 11.4. The Balaban J connectivity index is 2.31. The average molecular weight is 268 g/mol. The monoisotopic (exact) mass is 268 g/mol. The highest BCUT2D eigenvalue weighted by atomic mass is 16.6. The molecule has 0 aromatic carbocycles. The van der Waals surface area contributed by atoms with Crippen LogP contribution >= 0.6 is 0 Å². The average Bonchev–Trinajstić information content (AvgIpc) is 2.40. The molecule has 0 bridgehead atoms. The SMILES string of the molecule is C=C(C)C(=O)OC1CCCCC1OCCCCCC. The van der Waals surface area contributed by atoms with Crippen LogP contribution in [-0.4, -0.2) is 24.8 Å². The first-order chi connectivity index (χ1) is 9.15. The second-order valence-corrected chi connectivity index (χ2v) is 5.48. The highest BCUT2D eigenvalue weighted by Crippen LogP contribution is 2.24. The van der Waals surface area contributed by atoms with E-state index in [9.17, 15) is 4.79 Å². The van der Waals surface area contributed by atoms with E-state index in [1.54, 1.807) is 6.92 Å². The minimum Gasteiger partial charge on any atom is -0.456 e. The van der Waals surface area contributed by atoms with Crippen LogP contribution in [0.5, 0.6) is 0 Å². The fourth-order valence-electron chi connectivity index (χ4n) is 2.39. The van der Waals surface area contributed by atoms with Crippen molar-refractivity contribution in [2.45, 2.75) is 77.4 Å². The topological polar surface area (TPSA) is 35.5 Å². The molecule has 0 N–H and O–H groups in total. The third-order valence-electron chi connectivity index (χ3n) is 3.58. The van der Waals surface area contributed by atoms with Crippen molar-refractivity contribution < 1.29 is 14.3 Å². The molecule has 0 aliphatic heterocycles. The van der Waals surface area contributed by atoms with Gasteiger partial charge in [0.1, 0.15) is 6.10 Å². The van der Waals surface area contributed by atoms with Gasteiger partial charge in [-0.25, -0.2) is 4.79 Å². The van der Waals surface area contributed by atoms with E-state index in [4.69, 9.17) is 9.47 Å². The van der Waals surface area contributed by atoms with Crippen molar-refractivity contribution in [1.29, 1.82) is 0 Å². The molecule has 0 aromatic heterocycles. The molecule has 2 atom stereocenters. The van der Waals surface area contributed by atoms with E-state index in [-0.39, 0.29) is 18.2 Å². The van der Waals surface area contributed by atoms with Gasteiger partial charge in [0.25, 0.3) is 0 Å². The van der Waals surface area contributed by atoms with Crippen LogP contribution in [0.2, 0.25) is 0 Å². The zero-order valence-corrected chi connectivity index (χ0v) is 12.5. The summed E-state index contributed by atoms with van der Waals surface area (Å²) >= 11 is 0. The summed E-state index contributed by atoms with van der Waals surface area (Å²) in [5, 5.41) is 0. The van der Waals surface area contributed by atoms with Crippen LogP contribution in [-0.2, 0) is 14.3 Å². The van der Waals surface area contributed by atoms with E-state index < -0.39 is 0 Å². The lowest BCUT2D eigenvalue weighted by atomic mass is 9.94. The maximum absolute atomic E-state index is 11.6. The van der Waals surface area contributed by atoms with Gasteiger partial charge in [0.15, 0.2) is 0 Å². The highest BCUT2D eigenvalue weighted by molar-refractivity contribution is 5.87. The maximum atomic E-state index is 11.6. The fraction of sp³-hybridized carbons (Fsp3) is 0.812. The molecule has 2 unspecified atom stereocenters. The van der Waals surface area contributed by atoms with Crippen LogP contribution in [0.15, 0.2) is 12.2 Å². The number of esters is 1. The van der Waals surface area contributed by atoms with E-state index in [0.29, 0.717) is 5.57 Å². The van der Waals surface area contributed by atoms with Gasteiger partial charge in [0, 0.05) is 12.2 Å². The molecule has 1 saturated carbocycles. The second kappa shape index (κ2) is 9.13. The molecule has 1 aliphatic carbocycles. The summed E-state index contributed by atoms with van der Waals surface area (Å²) in [5.74, 6) is -0.286. The Bertz CT molecular complexity index is 286. The third kappa shape index (κ3) is 6.24. The zero-order valence-electron chi connectivity index (χ0n) is 12.5. The van der Waals surface area contributed by atoms with Crippen LogP contribution in [0.25, 0.3) is 0 Å². The summed E-state index contributed by atoms with van der Waals surface area (Å²) in [6, 6.07) is 0. The van der Waals surface area contributed by atoms with Gasteiger partial charge in [-0.15, -0.1) is 0 Å². The molecule has 0 saturated heterocycles. The standard InChI is InChI=1S/C16H28O3/c1-4-5-6-9-12-18-14-10-7-8-11-15(14)19-16(17)13(2)3/h14-15H,2,4-12H2,1,3H3. The summed E-state index contributed by atoms with van der Waals surface area (Å²) in [6.07, 6.45) is 9.03. The van der Waals surface area contributed by atoms with Crippen LogP contribution in [0.3, 0.4) is 0 Å². The number of unbranched alkanes of at least 4 members (excludes halogenated alkanes) is 3. The largest absolute Gasteiger partial charge is 0.456 e. The normalized spacial score (nSPS) is 23.1. The molecule has 3 nitrogen and oxygen atoms in total. The van der Waals surface area contributed by atoms with Gasteiger partial charge in [-0.1, -0.05) is 39.2 Å². The Morgan fingerprint density at radius 1 is 1.16 bits per heavy atom. The molecule has 3 heteroatoms. The van der Waals surface area contributed by atoms with Gasteiger partial charge in [0.05, 0.1) is 6.10 Å². The quantitative estimate of drug-likeness (QED) is 0.379. The van der Waals surface area contributed by atoms with E-state index in [0.717, 1.165) is 32.3 Å². The summed E-state index contributed by atoms with van der Waals surface area (Å²) in [5.41, 5.74) is 0.465. The lowest BCUT2D eigenvalue weighted by Gasteiger charge is -2.31. The Labute approximate surface area is 117 Å². The van der Waals surface area contributed by atoms with Gasteiger partial charge < -0.3 is 9.47 Å². The first-order valence-electron chi connectivity index (χ1n) is 7.63. The summed E-state index contributed by atoms with van der Waals surface area (Å²) in [7, 11) is 0. The minimum absolute atomic E-state index is 0.0795. The van der Waals surface area contributed by atoms with Gasteiger partial charge in [-0.2, -0.15) is 0 Å². The van der Waals surface area contributed by atoms with E-state index in [2.05, 4.69) is 13.5 Å². The Kier molecular flexibility index (Phi) is 7.80. The number of ether oxygens (including phenoxy) is 2. The van der Waals surface area contributed by atoms with Crippen molar-refractivity contribution in [2.24, 2.45) is 0 Å². The molecular weight excluding hydrogens is 240 g/mol. The number of hydrogen-bond donors (Lipinski definition) is 0. The smallest absolute Gasteiger partial charge is 0.333 e. The lowest BCUT2D eigenvalue weighted by molar-refractivity contribution is -0.156. The van der Waals surface area contributed by atoms with Crippen molar-refractivity contribution in [2.75, 3.05) is 6.61 Å². The molecule has 0 aromatic rings. The number of rotatable bonds is 8. The van der Waals surface area contributed by atoms with E-state index in [1.165, 1.54) is 25.7 Å². The molecule has 0 heterocycles. The van der Waals surface area contributed by atoms with Crippen molar-refractivity contribution in [3.63, 3.8) is 0 Å².